The van der Waals surface area contributed by atoms with Gasteiger partial charge in [0, 0.05) is 24.5 Å². The van der Waals surface area contributed by atoms with Crippen LogP contribution >= 0.6 is 0 Å². The molecular weight excluding hydrogens is 234 g/mol. The third-order valence-electron chi connectivity index (χ3n) is 5.06. The van der Waals surface area contributed by atoms with Crippen molar-refractivity contribution in [1.82, 2.24) is 9.55 Å². The highest BCUT2D eigenvalue weighted by Gasteiger charge is 2.23. The van der Waals surface area contributed by atoms with Crippen LogP contribution in [0, 0.1) is 5.92 Å². The van der Waals surface area contributed by atoms with Crippen LogP contribution in [0.4, 0.5) is 5.95 Å². The number of imidazole rings is 1. The molecule has 0 radical (unpaired) electrons. The molecule has 0 bridgehead atoms. The summed E-state index contributed by atoms with van der Waals surface area (Å²) in [6.45, 7) is 2.39. The second-order valence-electron chi connectivity index (χ2n) is 6.46. The molecule has 3 heteroatoms. The second kappa shape index (κ2) is 5.98. The quantitative estimate of drug-likeness (QED) is 0.818. The van der Waals surface area contributed by atoms with Crippen LogP contribution in [0.25, 0.3) is 0 Å². The van der Waals surface area contributed by atoms with E-state index in [0.29, 0.717) is 12.1 Å². The average Bonchev–Trinajstić information content (AvgIpc) is 3.03. The van der Waals surface area contributed by atoms with Crippen molar-refractivity contribution in [3.8, 4) is 0 Å². The number of anilines is 1. The first-order valence-corrected chi connectivity index (χ1v) is 8.14. The summed E-state index contributed by atoms with van der Waals surface area (Å²) in [5, 5.41) is 3.75. The topological polar surface area (TPSA) is 29.9 Å². The third-order valence-corrected chi connectivity index (χ3v) is 5.06. The largest absolute Gasteiger partial charge is 0.353 e. The number of nitrogens with zero attached hydrogens (tertiary/aromatic N) is 2. The number of hydrogen-bond donors (Lipinski definition) is 1. The van der Waals surface area contributed by atoms with Gasteiger partial charge in [-0.25, -0.2) is 4.98 Å². The lowest BCUT2D eigenvalue weighted by atomic mass is 9.97. The predicted molar refractivity (Wildman–Crippen MR) is 79.4 cm³/mol. The highest BCUT2D eigenvalue weighted by Crippen LogP contribution is 2.32. The molecule has 2 fully saturated rings. The number of rotatable bonds is 3. The van der Waals surface area contributed by atoms with E-state index in [1.54, 1.807) is 0 Å². The minimum absolute atomic E-state index is 0.616. The van der Waals surface area contributed by atoms with Crippen molar-refractivity contribution in [3.05, 3.63) is 12.4 Å². The maximum Gasteiger partial charge on any atom is 0.203 e. The summed E-state index contributed by atoms with van der Waals surface area (Å²) >= 11 is 0. The van der Waals surface area contributed by atoms with Crippen LogP contribution in [0.3, 0.4) is 0 Å². The molecule has 2 atom stereocenters. The molecule has 3 nitrogen and oxygen atoms in total. The molecule has 1 N–H and O–H groups in total. The minimum Gasteiger partial charge on any atom is -0.353 e. The van der Waals surface area contributed by atoms with Gasteiger partial charge < -0.3 is 9.88 Å². The lowest BCUT2D eigenvalue weighted by Crippen LogP contribution is -2.28. The zero-order chi connectivity index (χ0) is 13.1. The first-order valence-electron chi connectivity index (χ1n) is 8.14. The van der Waals surface area contributed by atoms with E-state index in [1.165, 1.54) is 57.8 Å². The van der Waals surface area contributed by atoms with Gasteiger partial charge in [0.2, 0.25) is 5.95 Å². The fourth-order valence-corrected chi connectivity index (χ4v) is 3.78. The van der Waals surface area contributed by atoms with Gasteiger partial charge in [-0.1, -0.05) is 39.0 Å². The Morgan fingerprint density at radius 2 is 1.79 bits per heavy atom. The van der Waals surface area contributed by atoms with Crippen molar-refractivity contribution in [2.24, 2.45) is 5.92 Å². The van der Waals surface area contributed by atoms with E-state index in [2.05, 4.69) is 28.0 Å². The smallest absolute Gasteiger partial charge is 0.203 e. The first kappa shape index (κ1) is 13.0. The molecule has 0 spiro atoms. The second-order valence-corrected chi connectivity index (χ2v) is 6.46. The van der Waals surface area contributed by atoms with Crippen LogP contribution in [0.2, 0.25) is 0 Å². The zero-order valence-corrected chi connectivity index (χ0v) is 12.1. The van der Waals surface area contributed by atoms with Crippen LogP contribution in [0.15, 0.2) is 12.4 Å². The third kappa shape index (κ3) is 2.96. The van der Waals surface area contributed by atoms with Gasteiger partial charge in [0.15, 0.2) is 0 Å². The van der Waals surface area contributed by atoms with E-state index in [-0.39, 0.29) is 0 Å². The molecule has 2 aliphatic rings. The Balaban J connectivity index is 1.70. The highest BCUT2D eigenvalue weighted by molar-refractivity contribution is 5.29. The van der Waals surface area contributed by atoms with Crippen molar-refractivity contribution < 1.29 is 0 Å². The Morgan fingerprint density at radius 3 is 2.63 bits per heavy atom. The normalized spacial score (nSPS) is 29.3. The predicted octanol–water partition coefficient (Wildman–Crippen LogP) is 4.38. The van der Waals surface area contributed by atoms with E-state index >= 15 is 0 Å². The molecule has 0 amide bonds. The van der Waals surface area contributed by atoms with Gasteiger partial charge in [-0.2, -0.15) is 0 Å². The van der Waals surface area contributed by atoms with Gasteiger partial charge in [-0.05, 0) is 31.6 Å². The molecule has 2 saturated carbocycles. The maximum atomic E-state index is 4.57. The lowest BCUT2D eigenvalue weighted by Gasteiger charge is -2.25. The molecule has 1 aromatic rings. The molecule has 0 aliphatic heterocycles. The van der Waals surface area contributed by atoms with Gasteiger partial charge in [-0.3, -0.25) is 0 Å². The van der Waals surface area contributed by atoms with Crippen LogP contribution in [-0.4, -0.2) is 15.6 Å². The molecule has 2 aliphatic carbocycles. The van der Waals surface area contributed by atoms with E-state index in [9.17, 15) is 0 Å². The average molecular weight is 261 g/mol. The molecule has 2 unspecified atom stereocenters. The monoisotopic (exact) mass is 261 g/mol. The van der Waals surface area contributed by atoms with Crippen LogP contribution < -0.4 is 5.32 Å². The van der Waals surface area contributed by atoms with Gasteiger partial charge in [0.05, 0.1) is 0 Å². The summed E-state index contributed by atoms with van der Waals surface area (Å²) in [7, 11) is 0. The number of aromatic nitrogens is 2. The van der Waals surface area contributed by atoms with Crippen molar-refractivity contribution >= 4 is 5.95 Å². The van der Waals surface area contributed by atoms with Crippen molar-refractivity contribution in [2.75, 3.05) is 5.32 Å². The van der Waals surface area contributed by atoms with Gasteiger partial charge in [0.25, 0.3) is 0 Å². The van der Waals surface area contributed by atoms with Crippen molar-refractivity contribution in [3.63, 3.8) is 0 Å². The molecule has 106 valence electrons. The summed E-state index contributed by atoms with van der Waals surface area (Å²) < 4.78 is 2.39. The fraction of sp³-hybridized carbons (Fsp3) is 0.812. The van der Waals surface area contributed by atoms with Gasteiger partial charge in [-0.15, -0.1) is 0 Å². The molecular formula is C16H27N3. The fourth-order valence-electron chi connectivity index (χ4n) is 3.78. The Bertz CT molecular complexity index is 392. The molecule has 0 aromatic carbocycles. The molecule has 1 aromatic heterocycles. The summed E-state index contributed by atoms with van der Waals surface area (Å²) in [6, 6.07) is 1.30. The van der Waals surface area contributed by atoms with Crippen molar-refractivity contribution in [1.29, 1.82) is 0 Å². The van der Waals surface area contributed by atoms with Crippen LogP contribution in [0.1, 0.15) is 70.8 Å². The Morgan fingerprint density at radius 1 is 1.05 bits per heavy atom. The van der Waals surface area contributed by atoms with Crippen molar-refractivity contribution in [2.45, 2.75) is 76.8 Å². The summed E-state index contributed by atoms with van der Waals surface area (Å²) in [4.78, 5) is 4.57. The Labute approximate surface area is 116 Å². The maximum absolute atomic E-state index is 4.57. The summed E-state index contributed by atoms with van der Waals surface area (Å²) in [6.07, 6.45) is 16.4. The molecule has 19 heavy (non-hydrogen) atoms. The molecule has 1 heterocycles. The van der Waals surface area contributed by atoms with Crippen LogP contribution in [-0.2, 0) is 0 Å². The minimum atomic E-state index is 0.616. The first-order chi connectivity index (χ1) is 9.34. The van der Waals surface area contributed by atoms with Gasteiger partial charge >= 0.3 is 0 Å². The number of hydrogen-bond acceptors (Lipinski definition) is 2. The van der Waals surface area contributed by atoms with Gasteiger partial charge in [0.1, 0.15) is 0 Å². The summed E-state index contributed by atoms with van der Waals surface area (Å²) in [5.74, 6) is 1.89. The zero-order valence-electron chi connectivity index (χ0n) is 12.1. The molecule has 3 rings (SSSR count). The summed E-state index contributed by atoms with van der Waals surface area (Å²) in [5.41, 5.74) is 0. The highest BCUT2D eigenvalue weighted by atomic mass is 15.2. The van der Waals surface area contributed by atoms with Crippen LogP contribution in [0.5, 0.6) is 0 Å². The number of nitrogens with one attached hydrogen (secondary N) is 1. The molecule has 0 saturated heterocycles. The lowest BCUT2D eigenvalue weighted by molar-refractivity contribution is 0.446. The van der Waals surface area contributed by atoms with E-state index < -0.39 is 0 Å². The Hall–Kier alpha value is -0.990. The van der Waals surface area contributed by atoms with E-state index in [4.69, 9.17) is 0 Å². The SMILES string of the molecule is CC1CCCCCC1Nc1nccn1C1CCCC1. The Kier molecular flexibility index (Phi) is 4.09. The van der Waals surface area contributed by atoms with E-state index in [1.807, 2.05) is 6.20 Å². The standard InChI is InChI=1S/C16H27N3/c1-13-7-3-2-4-10-15(13)18-16-17-11-12-19(16)14-8-5-6-9-14/h11-15H,2-10H2,1H3,(H,17,18). The van der Waals surface area contributed by atoms with E-state index in [0.717, 1.165) is 11.9 Å².